The first-order chi connectivity index (χ1) is 6.16. The molecule has 3 nitrogen and oxygen atoms in total. The number of hydrogen-bond donors (Lipinski definition) is 0. The highest BCUT2D eigenvalue weighted by molar-refractivity contribution is 4.75. The Kier molecular flexibility index (Phi) is 4.16. The summed E-state index contributed by atoms with van der Waals surface area (Å²) >= 11 is 0. The van der Waals surface area contributed by atoms with Gasteiger partial charge in [0.25, 0.3) is 0 Å². The van der Waals surface area contributed by atoms with Gasteiger partial charge in [-0.1, -0.05) is 6.92 Å². The molecule has 2 atom stereocenters. The molecule has 0 aromatic rings. The molecule has 3 heteroatoms. The van der Waals surface area contributed by atoms with Crippen molar-refractivity contribution in [2.75, 3.05) is 26.7 Å². The van der Waals surface area contributed by atoms with E-state index in [9.17, 15) is 0 Å². The molecule has 0 N–H and O–H groups in total. The fourth-order valence-electron chi connectivity index (χ4n) is 1.85. The van der Waals surface area contributed by atoms with Gasteiger partial charge in [-0.2, -0.15) is 0 Å². The van der Waals surface area contributed by atoms with Gasteiger partial charge in [-0.05, 0) is 20.3 Å². The van der Waals surface area contributed by atoms with Crippen molar-refractivity contribution in [3.8, 4) is 0 Å². The smallest absolute Gasteiger partial charge is 0.0714 e. The molecule has 2 unspecified atom stereocenters. The van der Waals surface area contributed by atoms with Crippen molar-refractivity contribution < 1.29 is 4.74 Å². The normalized spacial score (nSPS) is 31.2. The van der Waals surface area contributed by atoms with Crippen LogP contribution in [0.3, 0.4) is 0 Å². The van der Waals surface area contributed by atoms with Crippen LogP contribution in [0.4, 0.5) is 0 Å². The monoisotopic (exact) mass is 186 g/mol. The molecule has 0 spiro atoms. The molecular weight excluding hydrogens is 164 g/mol. The molecule has 0 aromatic carbocycles. The third-order valence-electron chi connectivity index (χ3n) is 2.84. The van der Waals surface area contributed by atoms with Gasteiger partial charge >= 0.3 is 0 Å². The quantitative estimate of drug-likeness (QED) is 0.662. The molecule has 1 aliphatic heterocycles. The third kappa shape index (κ3) is 2.66. The zero-order chi connectivity index (χ0) is 9.84. The second-order valence-corrected chi connectivity index (χ2v) is 3.86. The molecule has 0 radical (unpaired) electrons. The highest BCUT2D eigenvalue weighted by Crippen LogP contribution is 2.14. The molecule has 1 fully saturated rings. The van der Waals surface area contributed by atoms with Crippen LogP contribution in [0.15, 0.2) is 0 Å². The minimum Gasteiger partial charge on any atom is -0.375 e. The molecule has 1 aliphatic rings. The van der Waals surface area contributed by atoms with E-state index in [0.29, 0.717) is 12.1 Å². The van der Waals surface area contributed by atoms with Crippen molar-refractivity contribution >= 4 is 0 Å². The average molecular weight is 186 g/mol. The van der Waals surface area contributed by atoms with Crippen LogP contribution in [0.2, 0.25) is 0 Å². The number of rotatable bonds is 3. The van der Waals surface area contributed by atoms with E-state index >= 15 is 0 Å². The summed E-state index contributed by atoms with van der Waals surface area (Å²) in [5.41, 5.74) is 0. The second-order valence-electron chi connectivity index (χ2n) is 3.86. The lowest BCUT2D eigenvalue weighted by Crippen LogP contribution is -2.55. The van der Waals surface area contributed by atoms with E-state index in [-0.39, 0.29) is 0 Å². The second kappa shape index (κ2) is 4.94. The summed E-state index contributed by atoms with van der Waals surface area (Å²) in [7, 11) is 2.16. The van der Waals surface area contributed by atoms with Gasteiger partial charge in [0.1, 0.15) is 0 Å². The van der Waals surface area contributed by atoms with Crippen LogP contribution < -0.4 is 0 Å². The van der Waals surface area contributed by atoms with Gasteiger partial charge < -0.3 is 4.74 Å². The van der Waals surface area contributed by atoms with Gasteiger partial charge in [-0.3, -0.25) is 0 Å². The fraction of sp³-hybridized carbons (Fsp3) is 1.00. The van der Waals surface area contributed by atoms with Crippen LogP contribution in [-0.2, 0) is 4.74 Å². The first-order valence-electron chi connectivity index (χ1n) is 5.26. The van der Waals surface area contributed by atoms with E-state index in [0.717, 1.165) is 19.7 Å². The molecule has 0 bridgehead atoms. The third-order valence-corrected chi connectivity index (χ3v) is 2.84. The summed E-state index contributed by atoms with van der Waals surface area (Å²) < 4.78 is 5.58. The van der Waals surface area contributed by atoms with Crippen LogP contribution in [0.25, 0.3) is 0 Å². The minimum absolute atomic E-state index is 0.355. The lowest BCUT2D eigenvalue weighted by molar-refractivity contribution is -0.141. The van der Waals surface area contributed by atoms with Crippen molar-refractivity contribution in [3.63, 3.8) is 0 Å². The first kappa shape index (κ1) is 11.0. The van der Waals surface area contributed by atoms with Gasteiger partial charge in [0, 0.05) is 26.2 Å². The Balaban J connectivity index is 2.46. The Morgan fingerprint density at radius 1 is 1.46 bits per heavy atom. The Morgan fingerprint density at radius 2 is 2.15 bits per heavy atom. The number of hydrogen-bond acceptors (Lipinski definition) is 3. The predicted octanol–water partition coefficient (Wildman–Crippen LogP) is 1.35. The zero-order valence-corrected chi connectivity index (χ0v) is 9.29. The summed E-state index contributed by atoms with van der Waals surface area (Å²) in [6.07, 6.45) is 1.56. The number of hydrazine groups is 1. The summed E-state index contributed by atoms with van der Waals surface area (Å²) in [6, 6.07) is 0.505. The minimum atomic E-state index is 0.355. The Labute approximate surface area is 81.6 Å². The van der Waals surface area contributed by atoms with Gasteiger partial charge in [-0.25, -0.2) is 10.0 Å². The van der Waals surface area contributed by atoms with E-state index in [1.165, 1.54) is 6.42 Å². The highest BCUT2D eigenvalue weighted by atomic mass is 16.5. The van der Waals surface area contributed by atoms with E-state index in [1.807, 2.05) is 0 Å². The van der Waals surface area contributed by atoms with E-state index in [4.69, 9.17) is 4.74 Å². The molecule has 0 aliphatic carbocycles. The summed E-state index contributed by atoms with van der Waals surface area (Å²) in [6.45, 7) is 9.62. The molecule has 13 heavy (non-hydrogen) atoms. The van der Waals surface area contributed by atoms with Crippen molar-refractivity contribution in [1.29, 1.82) is 0 Å². The van der Waals surface area contributed by atoms with Gasteiger partial charge in [0.05, 0.1) is 12.7 Å². The van der Waals surface area contributed by atoms with E-state index in [1.54, 1.807) is 0 Å². The van der Waals surface area contributed by atoms with Crippen molar-refractivity contribution in [2.45, 2.75) is 39.3 Å². The Hall–Kier alpha value is -0.120. The van der Waals surface area contributed by atoms with Gasteiger partial charge in [0.2, 0.25) is 0 Å². The van der Waals surface area contributed by atoms with Crippen LogP contribution in [0, 0.1) is 0 Å². The number of ether oxygens (including phenoxy) is 1. The molecule has 78 valence electrons. The van der Waals surface area contributed by atoms with E-state index < -0.39 is 0 Å². The molecule has 1 saturated heterocycles. The number of morpholine rings is 1. The van der Waals surface area contributed by atoms with Crippen LogP contribution in [-0.4, -0.2) is 48.9 Å². The average Bonchev–Trinajstić information content (AvgIpc) is 2.10. The van der Waals surface area contributed by atoms with Gasteiger partial charge in [0.15, 0.2) is 0 Å². The molecule has 0 amide bonds. The van der Waals surface area contributed by atoms with Crippen molar-refractivity contribution in [3.05, 3.63) is 0 Å². The molecule has 0 saturated carbocycles. The first-order valence-corrected chi connectivity index (χ1v) is 5.26. The van der Waals surface area contributed by atoms with Gasteiger partial charge in [-0.15, -0.1) is 0 Å². The Bertz CT molecular complexity index is 152. The van der Waals surface area contributed by atoms with Crippen molar-refractivity contribution in [1.82, 2.24) is 10.0 Å². The SMILES string of the molecule is CCCN(C)N1CCOC(C)C1C. The largest absolute Gasteiger partial charge is 0.375 e. The summed E-state index contributed by atoms with van der Waals surface area (Å²) in [4.78, 5) is 0. The maximum Gasteiger partial charge on any atom is 0.0714 e. The summed E-state index contributed by atoms with van der Waals surface area (Å²) in [5.74, 6) is 0. The Morgan fingerprint density at radius 3 is 2.77 bits per heavy atom. The molecule has 0 aromatic heterocycles. The lowest BCUT2D eigenvalue weighted by Gasteiger charge is -2.42. The van der Waals surface area contributed by atoms with Crippen LogP contribution >= 0.6 is 0 Å². The molecule has 1 heterocycles. The number of nitrogens with zero attached hydrogens (tertiary/aromatic N) is 2. The van der Waals surface area contributed by atoms with Crippen LogP contribution in [0.1, 0.15) is 27.2 Å². The maximum atomic E-state index is 5.58. The maximum absolute atomic E-state index is 5.58. The zero-order valence-electron chi connectivity index (χ0n) is 9.29. The van der Waals surface area contributed by atoms with Crippen LogP contribution in [0.5, 0.6) is 0 Å². The molecule has 1 rings (SSSR count). The van der Waals surface area contributed by atoms with Crippen molar-refractivity contribution in [2.24, 2.45) is 0 Å². The summed E-state index contributed by atoms with van der Waals surface area (Å²) in [5, 5.41) is 4.74. The lowest BCUT2D eigenvalue weighted by atomic mass is 10.2. The fourth-order valence-corrected chi connectivity index (χ4v) is 1.85. The topological polar surface area (TPSA) is 15.7 Å². The predicted molar refractivity (Wildman–Crippen MR) is 54.5 cm³/mol. The highest BCUT2D eigenvalue weighted by Gasteiger charge is 2.27. The van der Waals surface area contributed by atoms with E-state index in [2.05, 4.69) is 37.8 Å². The standard InChI is InChI=1S/C10H22N2O/c1-5-6-11(4)12-7-8-13-10(3)9(12)2/h9-10H,5-8H2,1-4H3. The molecular formula is C10H22N2O.